The maximum atomic E-state index is 12.7. The van der Waals surface area contributed by atoms with Gasteiger partial charge in [0.15, 0.2) is 21.5 Å². The van der Waals surface area contributed by atoms with E-state index in [9.17, 15) is 13.5 Å². The number of nitrogens with zero attached hydrogens (tertiary/aromatic N) is 4. The molecule has 1 aliphatic rings. The van der Waals surface area contributed by atoms with Gasteiger partial charge in [0.2, 0.25) is 0 Å². The highest BCUT2D eigenvalue weighted by molar-refractivity contribution is 7.91. The van der Waals surface area contributed by atoms with Crippen molar-refractivity contribution in [1.29, 1.82) is 0 Å². The number of aromatic nitrogens is 3. The first-order valence-electron chi connectivity index (χ1n) is 11.2. The number of pyridine rings is 1. The summed E-state index contributed by atoms with van der Waals surface area (Å²) < 4.78 is 31.8. The minimum absolute atomic E-state index is 0.182. The summed E-state index contributed by atoms with van der Waals surface area (Å²) in [4.78, 5) is 17.1. The molecule has 11 heteroatoms. The predicted octanol–water partition coefficient (Wildman–Crippen LogP) is 2.99. The van der Waals surface area contributed by atoms with Crippen LogP contribution in [0.2, 0.25) is 0 Å². The minimum atomic E-state index is -3.60. The number of aliphatic hydroxyl groups excluding tert-OH is 1. The number of hydrogen-bond acceptors (Lipinski definition) is 10. The number of nitrogens with two attached hydrogens (primary N) is 1. The molecular weight excluding hydrogens is 486 g/mol. The van der Waals surface area contributed by atoms with Gasteiger partial charge in [-0.1, -0.05) is 12.1 Å². The summed E-state index contributed by atoms with van der Waals surface area (Å²) in [6.07, 6.45) is 0.712. The number of ether oxygens (including phenoxy) is 1. The summed E-state index contributed by atoms with van der Waals surface area (Å²) in [7, 11) is -3.60. The molecule has 4 heterocycles. The van der Waals surface area contributed by atoms with Crippen molar-refractivity contribution in [3.8, 4) is 21.8 Å². The molecule has 1 atom stereocenters. The van der Waals surface area contributed by atoms with Gasteiger partial charge in [0.05, 0.1) is 40.2 Å². The molecule has 3 N–H and O–H groups in total. The fraction of sp³-hybridized carbons (Fsp3) is 0.292. The van der Waals surface area contributed by atoms with E-state index in [2.05, 4.69) is 9.88 Å². The average molecular weight is 512 g/mol. The van der Waals surface area contributed by atoms with Crippen LogP contribution in [0.3, 0.4) is 0 Å². The van der Waals surface area contributed by atoms with Crippen LogP contribution >= 0.6 is 11.3 Å². The van der Waals surface area contributed by atoms with Crippen molar-refractivity contribution in [3.05, 3.63) is 48.7 Å². The van der Waals surface area contributed by atoms with E-state index in [1.165, 1.54) is 18.3 Å². The molecule has 0 aliphatic carbocycles. The van der Waals surface area contributed by atoms with E-state index in [1.807, 2.05) is 18.2 Å². The highest BCUT2D eigenvalue weighted by Crippen LogP contribution is 2.39. The maximum Gasteiger partial charge on any atom is 0.180 e. The number of rotatable bonds is 6. The molecule has 3 aromatic heterocycles. The SMILES string of the molecule is CC(O)CS(=O)(=O)c1cccc(-c2cc3nc(-c4ccc(N)nc4)nc(N4CCOCC4)c3s2)c1. The second-order valence-corrected chi connectivity index (χ2v) is 11.5. The predicted molar refractivity (Wildman–Crippen MR) is 137 cm³/mol. The van der Waals surface area contributed by atoms with E-state index in [-0.39, 0.29) is 10.6 Å². The van der Waals surface area contributed by atoms with Crippen LogP contribution in [0.15, 0.2) is 53.6 Å². The van der Waals surface area contributed by atoms with Gasteiger partial charge in [-0.15, -0.1) is 11.3 Å². The van der Waals surface area contributed by atoms with Crippen LogP contribution < -0.4 is 10.6 Å². The molecule has 0 spiro atoms. The van der Waals surface area contributed by atoms with Crippen LogP contribution in [0.5, 0.6) is 0 Å². The highest BCUT2D eigenvalue weighted by atomic mass is 32.2. The number of benzene rings is 1. The van der Waals surface area contributed by atoms with Crippen LogP contribution in [-0.4, -0.2) is 66.6 Å². The zero-order valence-corrected chi connectivity index (χ0v) is 20.7. The first-order chi connectivity index (χ1) is 16.8. The Bertz CT molecular complexity index is 1460. The summed E-state index contributed by atoms with van der Waals surface area (Å²) in [6, 6.07) is 12.3. The fourth-order valence-corrected chi connectivity index (χ4v) is 6.50. The van der Waals surface area contributed by atoms with Crippen LogP contribution in [0.4, 0.5) is 11.6 Å². The zero-order chi connectivity index (χ0) is 24.6. The Morgan fingerprint density at radius 3 is 2.66 bits per heavy atom. The van der Waals surface area contributed by atoms with Crippen LogP contribution in [0.1, 0.15) is 6.92 Å². The minimum Gasteiger partial charge on any atom is -0.392 e. The van der Waals surface area contributed by atoms with Crippen molar-refractivity contribution >= 4 is 43.0 Å². The van der Waals surface area contributed by atoms with Gasteiger partial charge in [0, 0.05) is 29.7 Å². The fourth-order valence-electron chi connectivity index (χ4n) is 3.97. The number of nitrogen functional groups attached to an aromatic ring is 1. The van der Waals surface area contributed by atoms with E-state index in [4.69, 9.17) is 20.4 Å². The molecule has 1 aliphatic heterocycles. The van der Waals surface area contributed by atoms with E-state index in [0.29, 0.717) is 37.9 Å². The molecule has 0 amide bonds. The highest BCUT2D eigenvalue weighted by Gasteiger charge is 2.22. The molecule has 5 rings (SSSR count). The molecule has 1 saturated heterocycles. The van der Waals surface area contributed by atoms with Crippen molar-refractivity contribution in [2.45, 2.75) is 17.9 Å². The number of aliphatic hydroxyl groups is 1. The number of fused-ring (bicyclic) bond motifs is 1. The van der Waals surface area contributed by atoms with Crippen molar-refractivity contribution in [1.82, 2.24) is 15.0 Å². The van der Waals surface area contributed by atoms with E-state index < -0.39 is 15.9 Å². The first kappa shape index (κ1) is 23.6. The summed E-state index contributed by atoms with van der Waals surface area (Å²) >= 11 is 1.52. The molecule has 9 nitrogen and oxygen atoms in total. The molecule has 4 aromatic rings. The normalized spacial score (nSPS) is 15.4. The van der Waals surface area contributed by atoms with Crippen molar-refractivity contribution < 1.29 is 18.3 Å². The smallest absolute Gasteiger partial charge is 0.180 e. The summed E-state index contributed by atoms with van der Waals surface area (Å²) in [5.41, 5.74) is 8.04. The largest absolute Gasteiger partial charge is 0.392 e. The standard InChI is InChI=1S/C24H25N5O4S2/c1-15(30)14-35(31,32)18-4-2-3-16(11-18)20-12-19-22(34-20)24(29-7-9-33-10-8-29)28-23(27-19)17-5-6-21(25)26-13-17/h2-6,11-13,15,30H,7-10,14H2,1H3,(H2,25,26). The zero-order valence-electron chi connectivity index (χ0n) is 19.1. The monoisotopic (exact) mass is 511 g/mol. The first-order valence-corrected chi connectivity index (χ1v) is 13.6. The van der Waals surface area contributed by atoms with Gasteiger partial charge in [-0.25, -0.2) is 23.4 Å². The Morgan fingerprint density at radius 1 is 1.14 bits per heavy atom. The van der Waals surface area contributed by atoms with Gasteiger partial charge in [-0.3, -0.25) is 0 Å². The molecule has 0 radical (unpaired) electrons. The second kappa shape index (κ2) is 9.50. The lowest BCUT2D eigenvalue weighted by molar-refractivity contribution is 0.122. The molecule has 35 heavy (non-hydrogen) atoms. The number of thiophene rings is 1. The van der Waals surface area contributed by atoms with Crippen molar-refractivity contribution in [3.63, 3.8) is 0 Å². The van der Waals surface area contributed by atoms with Crippen LogP contribution in [0, 0.1) is 0 Å². The topological polar surface area (TPSA) is 132 Å². The van der Waals surface area contributed by atoms with Gasteiger partial charge >= 0.3 is 0 Å². The Labute approximate surface area is 207 Å². The van der Waals surface area contributed by atoms with Gasteiger partial charge in [-0.2, -0.15) is 0 Å². The Balaban J connectivity index is 1.62. The lowest BCUT2D eigenvalue weighted by Gasteiger charge is -2.28. The molecule has 1 unspecified atom stereocenters. The number of morpholine rings is 1. The Morgan fingerprint density at radius 2 is 1.94 bits per heavy atom. The van der Waals surface area contributed by atoms with E-state index in [0.717, 1.165) is 32.0 Å². The molecular formula is C24H25N5O4S2. The lowest BCUT2D eigenvalue weighted by atomic mass is 10.2. The second-order valence-electron chi connectivity index (χ2n) is 8.43. The number of hydrogen-bond donors (Lipinski definition) is 2. The quantitative estimate of drug-likeness (QED) is 0.401. The Kier molecular flexibility index (Phi) is 6.41. The number of anilines is 2. The van der Waals surface area contributed by atoms with Gasteiger partial charge < -0.3 is 20.5 Å². The van der Waals surface area contributed by atoms with Gasteiger partial charge in [0.1, 0.15) is 5.82 Å². The third kappa shape index (κ3) is 4.98. The molecule has 1 aromatic carbocycles. The maximum absolute atomic E-state index is 12.7. The van der Waals surface area contributed by atoms with Crippen molar-refractivity contribution in [2.24, 2.45) is 0 Å². The van der Waals surface area contributed by atoms with E-state index in [1.54, 1.807) is 30.5 Å². The van der Waals surface area contributed by atoms with E-state index >= 15 is 0 Å². The third-order valence-electron chi connectivity index (χ3n) is 5.65. The van der Waals surface area contributed by atoms with Crippen molar-refractivity contribution in [2.75, 3.05) is 42.7 Å². The van der Waals surface area contributed by atoms with Crippen LogP contribution in [-0.2, 0) is 14.6 Å². The summed E-state index contributed by atoms with van der Waals surface area (Å²) in [5.74, 6) is 1.46. The summed E-state index contributed by atoms with van der Waals surface area (Å²) in [6.45, 7) is 4.13. The van der Waals surface area contributed by atoms with Gasteiger partial charge in [-0.05, 0) is 42.8 Å². The summed E-state index contributed by atoms with van der Waals surface area (Å²) in [5, 5.41) is 9.60. The van der Waals surface area contributed by atoms with Gasteiger partial charge in [0.25, 0.3) is 0 Å². The number of sulfone groups is 1. The molecule has 1 fully saturated rings. The average Bonchev–Trinajstić information content (AvgIpc) is 3.28. The molecule has 182 valence electrons. The third-order valence-corrected chi connectivity index (χ3v) is 8.71. The van der Waals surface area contributed by atoms with Crippen LogP contribution in [0.25, 0.3) is 32.0 Å². The molecule has 0 saturated carbocycles. The Hall–Kier alpha value is -3.12. The molecule has 0 bridgehead atoms. The lowest BCUT2D eigenvalue weighted by Crippen LogP contribution is -2.36.